The monoisotopic (exact) mass is 262 g/mol. The molecule has 2 unspecified atom stereocenters. The number of nitrogen functional groups attached to an aromatic ring is 1. The molecule has 0 spiro atoms. The van der Waals surface area contributed by atoms with Crippen LogP contribution in [0.15, 0.2) is 12.1 Å². The minimum atomic E-state index is -1.51. The van der Waals surface area contributed by atoms with Crippen LogP contribution in [0.3, 0.4) is 0 Å². The maximum Gasteiger partial charge on any atom is 0.220 e. The summed E-state index contributed by atoms with van der Waals surface area (Å²) in [5, 5.41) is 19.1. The van der Waals surface area contributed by atoms with Crippen LogP contribution >= 0.6 is 11.6 Å². The largest absolute Gasteiger partial charge is 0.396 e. The third-order valence-corrected chi connectivity index (χ3v) is 2.54. The molecule has 0 heterocycles. The van der Waals surface area contributed by atoms with Crippen LogP contribution in [0, 0.1) is 5.82 Å². The van der Waals surface area contributed by atoms with E-state index in [1.165, 1.54) is 0 Å². The number of hydrogen-bond acceptors (Lipinski definition) is 4. The quantitative estimate of drug-likeness (QED) is 0.586. The Kier molecular flexibility index (Phi) is 4.28. The Hall–Kier alpha value is -1.37. The van der Waals surface area contributed by atoms with Crippen molar-refractivity contribution in [3.63, 3.8) is 0 Å². The molecule has 1 aromatic rings. The third-order valence-electron chi connectivity index (χ3n) is 2.21. The van der Waals surface area contributed by atoms with E-state index in [1.54, 1.807) is 0 Å². The van der Waals surface area contributed by atoms with Crippen LogP contribution in [0.5, 0.6) is 0 Å². The molecule has 1 aromatic carbocycles. The van der Waals surface area contributed by atoms with Gasteiger partial charge in [0, 0.05) is 10.6 Å². The van der Waals surface area contributed by atoms with Gasteiger partial charge in [-0.2, -0.15) is 0 Å². The second-order valence-corrected chi connectivity index (χ2v) is 3.99. The second-order valence-electron chi connectivity index (χ2n) is 3.58. The zero-order valence-corrected chi connectivity index (χ0v) is 9.49. The highest BCUT2D eigenvalue weighted by atomic mass is 35.5. The Morgan fingerprint density at radius 1 is 1.47 bits per heavy atom. The number of benzene rings is 1. The number of amides is 1. The number of halogens is 2. The van der Waals surface area contributed by atoms with E-state index in [4.69, 9.17) is 23.1 Å². The topological polar surface area (TPSA) is 110 Å². The summed E-state index contributed by atoms with van der Waals surface area (Å²) < 4.78 is 13.2. The first-order chi connectivity index (χ1) is 7.82. The zero-order valence-electron chi connectivity index (χ0n) is 8.73. The predicted molar refractivity (Wildman–Crippen MR) is 60.6 cm³/mol. The molecular formula is C10H12ClFN2O3. The Morgan fingerprint density at radius 3 is 2.59 bits per heavy atom. The molecule has 17 heavy (non-hydrogen) atoms. The van der Waals surface area contributed by atoms with Crippen LogP contribution in [0.2, 0.25) is 5.02 Å². The molecular weight excluding hydrogens is 251 g/mol. The molecule has 0 aliphatic heterocycles. The Morgan fingerprint density at radius 2 is 2.06 bits per heavy atom. The van der Waals surface area contributed by atoms with Gasteiger partial charge in [0.15, 0.2) is 0 Å². The van der Waals surface area contributed by atoms with E-state index in [-0.39, 0.29) is 16.3 Å². The van der Waals surface area contributed by atoms with E-state index >= 15 is 0 Å². The van der Waals surface area contributed by atoms with Gasteiger partial charge in [-0.15, -0.1) is 0 Å². The van der Waals surface area contributed by atoms with Crippen LogP contribution in [0.4, 0.5) is 10.1 Å². The number of rotatable bonds is 4. The van der Waals surface area contributed by atoms with Crippen molar-refractivity contribution in [2.24, 2.45) is 5.73 Å². The van der Waals surface area contributed by atoms with Gasteiger partial charge in [0.05, 0.1) is 18.2 Å². The number of carbonyl (C=O) groups is 1. The molecule has 7 heteroatoms. The molecule has 0 fully saturated rings. The van der Waals surface area contributed by atoms with E-state index in [0.717, 1.165) is 12.1 Å². The van der Waals surface area contributed by atoms with Crippen LogP contribution in [0.1, 0.15) is 18.1 Å². The number of carbonyl (C=O) groups excluding carboxylic acids is 1. The van der Waals surface area contributed by atoms with Crippen molar-refractivity contribution >= 4 is 23.2 Å². The second kappa shape index (κ2) is 5.31. The van der Waals surface area contributed by atoms with Crippen LogP contribution in [-0.4, -0.2) is 22.2 Å². The summed E-state index contributed by atoms with van der Waals surface area (Å²) in [4.78, 5) is 10.6. The molecule has 94 valence electrons. The van der Waals surface area contributed by atoms with Crippen molar-refractivity contribution < 1.29 is 19.4 Å². The number of hydrogen-bond donors (Lipinski definition) is 4. The smallest absolute Gasteiger partial charge is 0.220 e. The zero-order chi connectivity index (χ0) is 13.2. The molecule has 1 amide bonds. The van der Waals surface area contributed by atoms with E-state index in [2.05, 4.69) is 0 Å². The van der Waals surface area contributed by atoms with Crippen molar-refractivity contribution in [2.75, 3.05) is 5.73 Å². The van der Waals surface area contributed by atoms with E-state index < -0.39 is 30.4 Å². The summed E-state index contributed by atoms with van der Waals surface area (Å²) in [5.41, 5.74) is 9.91. The summed E-state index contributed by atoms with van der Waals surface area (Å²) in [6.45, 7) is 0. The van der Waals surface area contributed by atoms with Gasteiger partial charge >= 0.3 is 0 Å². The summed E-state index contributed by atoms with van der Waals surface area (Å²) in [7, 11) is 0. The number of anilines is 1. The fourth-order valence-corrected chi connectivity index (χ4v) is 1.61. The van der Waals surface area contributed by atoms with Gasteiger partial charge in [0.2, 0.25) is 5.91 Å². The van der Waals surface area contributed by atoms with Gasteiger partial charge in [-0.05, 0) is 12.1 Å². The Labute approximate surface area is 102 Å². The average Bonchev–Trinajstić information content (AvgIpc) is 2.21. The van der Waals surface area contributed by atoms with Crippen LogP contribution in [-0.2, 0) is 4.79 Å². The fourth-order valence-electron chi connectivity index (χ4n) is 1.33. The summed E-state index contributed by atoms with van der Waals surface area (Å²) in [5.74, 6) is -1.56. The lowest BCUT2D eigenvalue weighted by Gasteiger charge is -2.18. The highest BCUT2D eigenvalue weighted by molar-refractivity contribution is 6.31. The minimum Gasteiger partial charge on any atom is -0.396 e. The molecule has 0 aromatic heterocycles. The lowest BCUT2D eigenvalue weighted by atomic mass is 10.0. The van der Waals surface area contributed by atoms with E-state index in [1.807, 2.05) is 0 Å². The lowest BCUT2D eigenvalue weighted by Crippen LogP contribution is -2.26. The molecule has 0 saturated heterocycles. The first-order valence-electron chi connectivity index (χ1n) is 4.71. The molecule has 6 N–H and O–H groups in total. The molecule has 0 bridgehead atoms. The third kappa shape index (κ3) is 3.29. The van der Waals surface area contributed by atoms with Crippen molar-refractivity contribution in [3.8, 4) is 0 Å². The highest BCUT2D eigenvalue weighted by Crippen LogP contribution is 2.29. The number of aliphatic hydroxyl groups excluding tert-OH is 2. The normalized spacial score (nSPS) is 14.4. The molecule has 1 rings (SSSR count). The number of nitrogens with two attached hydrogens (primary N) is 2. The maximum atomic E-state index is 13.2. The van der Waals surface area contributed by atoms with Crippen molar-refractivity contribution in [1.29, 1.82) is 0 Å². The molecule has 5 nitrogen and oxygen atoms in total. The first kappa shape index (κ1) is 13.7. The maximum absolute atomic E-state index is 13.2. The van der Waals surface area contributed by atoms with Gasteiger partial charge < -0.3 is 21.7 Å². The number of aliphatic hydroxyl groups is 2. The van der Waals surface area contributed by atoms with Crippen molar-refractivity contribution in [3.05, 3.63) is 28.5 Å². The Bertz CT molecular complexity index is 442. The summed E-state index contributed by atoms with van der Waals surface area (Å²) in [6.07, 6.45) is -3.41. The fraction of sp³-hybridized carbons (Fsp3) is 0.300. The van der Waals surface area contributed by atoms with Gasteiger partial charge in [-0.1, -0.05) is 11.6 Å². The van der Waals surface area contributed by atoms with Gasteiger partial charge in [-0.25, -0.2) is 4.39 Å². The number of primary amides is 1. The minimum absolute atomic E-state index is 0.0000737. The van der Waals surface area contributed by atoms with E-state index in [9.17, 15) is 19.4 Å². The van der Waals surface area contributed by atoms with Gasteiger partial charge in [-0.3, -0.25) is 4.79 Å². The SMILES string of the molecule is NC(=O)CC(O)C(O)c1cc(F)c(N)cc1Cl. The van der Waals surface area contributed by atoms with E-state index in [0.29, 0.717) is 0 Å². The van der Waals surface area contributed by atoms with Crippen molar-refractivity contribution in [1.82, 2.24) is 0 Å². The molecule has 0 aliphatic carbocycles. The standard InChI is InChI=1S/C10H12ClFN2O3/c11-5-2-7(13)6(12)1-4(5)10(17)8(15)3-9(14)16/h1-2,8,10,15,17H,3,13H2,(H2,14,16). The van der Waals surface area contributed by atoms with Crippen molar-refractivity contribution in [2.45, 2.75) is 18.6 Å². The average molecular weight is 263 g/mol. The van der Waals surface area contributed by atoms with Gasteiger partial charge in [0.1, 0.15) is 11.9 Å². The predicted octanol–water partition coefficient (Wildman–Crippen LogP) is 0.331. The van der Waals surface area contributed by atoms with Crippen LogP contribution < -0.4 is 11.5 Å². The molecule has 0 saturated carbocycles. The first-order valence-corrected chi connectivity index (χ1v) is 5.09. The molecule has 0 radical (unpaired) electrons. The summed E-state index contributed by atoms with van der Waals surface area (Å²) in [6, 6.07) is 2.03. The van der Waals surface area contributed by atoms with Gasteiger partial charge in [0.25, 0.3) is 0 Å². The molecule has 2 atom stereocenters. The highest BCUT2D eigenvalue weighted by Gasteiger charge is 2.23. The lowest BCUT2D eigenvalue weighted by molar-refractivity contribution is -0.121. The Balaban J connectivity index is 2.99. The summed E-state index contributed by atoms with van der Waals surface area (Å²) >= 11 is 5.74. The van der Waals surface area contributed by atoms with Crippen LogP contribution in [0.25, 0.3) is 0 Å². The molecule has 0 aliphatic rings.